The second kappa shape index (κ2) is 3.79. The van der Waals surface area contributed by atoms with Gasteiger partial charge in [-0.3, -0.25) is 0 Å². The number of halogens is 1. The molecule has 0 aliphatic heterocycles. The molecule has 2 rings (SSSR count). The molecule has 1 heterocycles. The number of aromatic nitrogens is 3. The second-order valence-corrected chi connectivity index (χ2v) is 4.46. The maximum atomic E-state index is 11.5. The first kappa shape index (κ1) is 10.9. The summed E-state index contributed by atoms with van der Waals surface area (Å²) in [5, 5.41) is 4.51. The Morgan fingerprint density at radius 3 is 2.19 bits per heavy atom. The molecule has 0 amide bonds. The molecule has 84 valence electrons. The molecule has 0 radical (unpaired) electrons. The Morgan fingerprint density at radius 1 is 1.12 bits per heavy atom. The van der Waals surface area contributed by atoms with Gasteiger partial charge in [0, 0.05) is 4.47 Å². The van der Waals surface area contributed by atoms with E-state index in [1.165, 1.54) is 0 Å². The van der Waals surface area contributed by atoms with Gasteiger partial charge in [0.1, 0.15) is 0 Å². The molecule has 0 saturated heterocycles. The van der Waals surface area contributed by atoms with Crippen molar-refractivity contribution in [1.82, 2.24) is 14.8 Å². The van der Waals surface area contributed by atoms with Crippen LogP contribution in [-0.2, 0) is 0 Å². The molecule has 1 aromatic heterocycles. The average molecular weight is 284 g/mol. The Balaban J connectivity index is 2.85. The minimum atomic E-state index is -0.474. The van der Waals surface area contributed by atoms with Crippen molar-refractivity contribution in [2.24, 2.45) is 0 Å². The van der Waals surface area contributed by atoms with Crippen molar-refractivity contribution in [3.8, 4) is 5.69 Å². The molecule has 0 saturated carbocycles. The highest BCUT2D eigenvalue weighted by Gasteiger charge is 2.12. The van der Waals surface area contributed by atoms with Crippen molar-refractivity contribution in [2.75, 3.05) is 0 Å². The Hall–Kier alpha value is -1.56. The topological polar surface area (TPSA) is 70.7 Å². The summed E-state index contributed by atoms with van der Waals surface area (Å²) in [6.45, 7) is 3.80. The van der Waals surface area contributed by atoms with Gasteiger partial charge >= 0.3 is 11.4 Å². The van der Waals surface area contributed by atoms with E-state index in [9.17, 15) is 9.59 Å². The summed E-state index contributed by atoms with van der Waals surface area (Å²) in [4.78, 5) is 23.0. The largest absolute Gasteiger partial charge is 0.349 e. The molecule has 2 N–H and O–H groups in total. The van der Waals surface area contributed by atoms with Crippen LogP contribution in [0.15, 0.2) is 26.2 Å². The molecule has 0 bridgehead atoms. The number of benzene rings is 1. The van der Waals surface area contributed by atoms with Crippen molar-refractivity contribution in [1.29, 1.82) is 0 Å². The van der Waals surface area contributed by atoms with Crippen LogP contribution in [0.1, 0.15) is 11.1 Å². The Kier molecular flexibility index (Phi) is 2.59. The number of hydrogen-bond acceptors (Lipinski definition) is 2. The first-order valence-electron chi connectivity index (χ1n) is 4.67. The summed E-state index contributed by atoms with van der Waals surface area (Å²) in [6.07, 6.45) is 0. The number of H-pyrrole nitrogens is 2. The van der Waals surface area contributed by atoms with E-state index in [0.717, 1.165) is 20.2 Å². The van der Waals surface area contributed by atoms with Crippen LogP contribution >= 0.6 is 15.9 Å². The van der Waals surface area contributed by atoms with Crippen molar-refractivity contribution >= 4 is 15.9 Å². The third kappa shape index (κ3) is 1.65. The highest BCUT2D eigenvalue weighted by molar-refractivity contribution is 9.10. The van der Waals surface area contributed by atoms with Crippen molar-refractivity contribution in [2.45, 2.75) is 13.8 Å². The van der Waals surface area contributed by atoms with Crippen LogP contribution in [0.4, 0.5) is 0 Å². The highest BCUT2D eigenvalue weighted by Crippen LogP contribution is 2.24. The third-order valence-electron chi connectivity index (χ3n) is 2.30. The van der Waals surface area contributed by atoms with Gasteiger partial charge in [0.05, 0.1) is 5.69 Å². The highest BCUT2D eigenvalue weighted by atomic mass is 79.9. The smallest absolute Gasteiger partial charge is 0.247 e. The number of aromatic amines is 2. The first-order valence-corrected chi connectivity index (χ1v) is 5.47. The van der Waals surface area contributed by atoms with E-state index in [0.29, 0.717) is 5.69 Å². The molecule has 16 heavy (non-hydrogen) atoms. The normalized spacial score (nSPS) is 10.7. The van der Waals surface area contributed by atoms with E-state index in [2.05, 4.69) is 26.1 Å². The van der Waals surface area contributed by atoms with E-state index in [4.69, 9.17) is 0 Å². The van der Waals surface area contributed by atoms with Crippen LogP contribution in [0.3, 0.4) is 0 Å². The number of nitrogens with one attached hydrogen (secondary N) is 2. The summed E-state index contributed by atoms with van der Waals surface area (Å²) < 4.78 is 1.79. The number of rotatable bonds is 1. The molecule has 2 aromatic rings. The van der Waals surface area contributed by atoms with Gasteiger partial charge in [-0.25, -0.2) is 24.4 Å². The van der Waals surface area contributed by atoms with Crippen LogP contribution < -0.4 is 11.4 Å². The van der Waals surface area contributed by atoms with Gasteiger partial charge in [-0.05, 0) is 47.0 Å². The molecule has 1 aromatic carbocycles. The van der Waals surface area contributed by atoms with E-state index in [1.54, 1.807) is 0 Å². The SMILES string of the molecule is Cc1cc(C)c(-n2c(=O)[nH][nH]c2=O)c(Br)c1. The predicted octanol–water partition coefficient (Wildman–Crippen LogP) is 1.23. The Bertz CT molecular complexity index is 600. The van der Waals surface area contributed by atoms with Gasteiger partial charge in [-0.2, -0.15) is 0 Å². The second-order valence-electron chi connectivity index (χ2n) is 3.61. The molecule has 5 nitrogen and oxygen atoms in total. The molecule has 0 atom stereocenters. The summed E-state index contributed by atoms with van der Waals surface area (Å²) in [7, 11) is 0. The first-order chi connectivity index (χ1) is 7.50. The van der Waals surface area contributed by atoms with E-state index in [1.807, 2.05) is 26.0 Å². The fourth-order valence-corrected chi connectivity index (χ4v) is 2.56. The lowest BCUT2D eigenvalue weighted by atomic mass is 10.1. The zero-order valence-corrected chi connectivity index (χ0v) is 10.4. The van der Waals surface area contributed by atoms with E-state index >= 15 is 0 Å². The molecular formula is C10H10BrN3O2. The Labute approximate surface area is 99.2 Å². The van der Waals surface area contributed by atoms with Gasteiger partial charge < -0.3 is 0 Å². The lowest BCUT2D eigenvalue weighted by molar-refractivity contribution is 0.934. The molecule has 0 unspecified atom stereocenters. The zero-order chi connectivity index (χ0) is 11.9. The van der Waals surface area contributed by atoms with Gasteiger partial charge in [0.2, 0.25) is 0 Å². The lowest BCUT2D eigenvalue weighted by Gasteiger charge is -2.08. The fourth-order valence-electron chi connectivity index (χ4n) is 1.71. The van der Waals surface area contributed by atoms with E-state index < -0.39 is 11.4 Å². The van der Waals surface area contributed by atoms with Gasteiger partial charge in [-0.15, -0.1) is 0 Å². The van der Waals surface area contributed by atoms with Crippen molar-refractivity contribution in [3.05, 3.63) is 48.7 Å². The van der Waals surface area contributed by atoms with Crippen LogP contribution in [0.25, 0.3) is 5.69 Å². The number of hydrogen-bond donors (Lipinski definition) is 2. The third-order valence-corrected chi connectivity index (χ3v) is 2.91. The summed E-state index contributed by atoms with van der Waals surface area (Å²) >= 11 is 3.36. The summed E-state index contributed by atoms with van der Waals surface area (Å²) in [5.41, 5.74) is 1.54. The maximum Gasteiger partial charge on any atom is 0.349 e. The molecule has 6 heteroatoms. The number of aryl methyl sites for hydroxylation is 2. The fraction of sp³-hybridized carbons (Fsp3) is 0.200. The van der Waals surface area contributed by atoms with Gasteiger partial charge in [0.25, 0.3) is 0 Å². The quantitative estimate of drug-likeness (QED) is 0.827. The van der Waals surface area contributed by atoms with Crippen LogP contribution in [0, 0.1) is 13.8 Å². The predicted molar refractivity (Wildman–Crippen MR) is 64.2 cm³/mol. The van der Waals surface area contributed by atoms with Crippen LogP contribution in [0.5, 0.6) is 0 Å². The maximum absolute atomic E-state index is 11.5. The summed E-state index contributed by atoms with van der Waals surface area (Å²) in [5.74, 6) is 0. The molecule has 0 aliphatic rings. The Morgan fingerprint density at radius 2 is 1.69 bits per heavy atom. The standard InChI is InChI=1S/C10H10BrN3O2/c1-5-3-6(2)8(7(11)4-5)14-9(15)12-13-10(14)16/h3-4H,1-2H3,(H,12,15)(H,13,16). The monoisotopic (exact) mass is 283 g/mol. The number of nitrogens with zero attached hydrogens (tertiary/aromatic N) is 1. The molecule has 0 fully saturated rings. The zero-order valence-electron chi connectivity index (χ0n) is 8.80. The molecular weight excluding hydrogens is 274 g/mol. The lowest BCUT2D eigenvalue weighted by Crippen LogP contribution is -2.25. The van der Waals surface area contributed by atoms with Gasteiger partial charge in [0.15, 0.2) is 0 Å². The molecule has 0 spiro atoms. The van der Waals surface area contributed by atoms with Crippen molar-refractivity contribution < 1.29 is 0 Å². The average Bonchev–Trinajstić information content (AvgIpc) is 2.47. The minimum absolute atomic E-state index is 0.474. The molecule has 0 aliphatic carbocycles. The summed E-state index contributed by atoms with van der Waals surface area (Å²) in [6, 6.07) is 3.78. The van der Waals surface area contributed by atoms with E-state index in [-0.39, 0.29) is 0 Å². The minimum Gasteiger partial charge on any atom is -0.247 e. The van der Waals surface area contributed by atoms with Crippen molar-refractivity contribution in [3.63, 3.8) is 0 Å². The van der Waals surface area contributed by atoms with Crippen LogP contribution in [-0.4, -0.2) is 14.8 Å². The van der Waals surface area contributed by atoms with Gasteiger partial charge in [-0.1, -0.05) is 6.07 Å². The van der Waals surface area contributed by atoms with Crippen LogP contribution in [0.2, 0.25) is 0 Å².